The number of benzene rings is 1. The first-order valence-corrected chi connectivity index (χ1v) is 7.38. The zero-order chi connectivity index (χ0) is 12.7. The molecule has 92 valence electrons. The van der Waals surface area contributed by atoms with Gasteiger partial charge in [-0.1, -0.05) is 23.7 Å². The van der Waals surface area contributed by atoms with Gasteiger partial charge in [0.2, 0.25) is 0 Å². The standard InChI is InChI=1S/C13H9BrClNOS/c14-8-3-1-2-7-6-10(17-12(7)8)11(16)13-9(15)4-5-18-13/h1-6,11H,16H2. The van der Waals surface area contributed by atoms with Crippen molar-refractivity contribution in [3.05, 3.63) is 55.8 Å². The molecule has 0 saturated carbocycles. The number of fused-ring (bicyclic) bond motifs is 1. The molecular formula is C13H9BrClNOS. The van der Waals surface area contributed by atoms with E-state index in [0.29, 0.717) is 5.02 Å². The quantitative estimate of drug-likeness (QED) is 0.715. The van der Waals surface area contributed by atoms with Gasteiger partial charge in [-0.3, -0.25) is 0 Å². The van der Waals surface area contributed by atoms with E-state index in [0.717, 1.165) is 26.1 Å². The van der Waals surface area contributed by atoms with E-state index in [1.54, 1.807) is 0 Å². The highest BCUT2D eigenvalue weighted by molar-refractivity contribution is 9.10. The number of nitrogens with two attached hydrogens (primary N) is 1. The van der Waals surface area contributed by atoms with Crippen LogP contribution in [0.15, 0.2) is 44.6 Å². The predicted octanol–water partition coefficient (Wildman–Crippen LogP) is 4.96. The molecule has 1 atom stereocenters. The van der Waals surface area contributed by atoms with Gasteiger partial charge in [0.15, 0.2) is 0 Å². The Hall–Kier alpha value is -0.810. The third-order valence-corrected chi connectivity index (χ3v) is 4.81. The maximum absolute atomic E-state index is 6.19. The highest BCUT2D eigenvalue weighted by atomic mass is 79.9. The lowest BCUT2D eigenvalue weighted by Crippen LogP contribution is -2.09. The summed E-state index contributed by atoms with van der Waals surface area (Å²) in [7, 11) is 0. The first-order chi connectivity index (χ1) is 8.66. The molecule has 2 aromatic heterocycles. The second-order valence-electron chi connectivity index (χ2n) is 3.92. The highest BCUT2D eigenvalue weighted by Crippen LogP contribution is 2.35. The third kappa shape index (κ3) is 1.99. The molecule has 3 rings (SSSR count). The summed E-state index contributed by atoms with van der Waals surface area (Å²) in [5, 5.41) is 3.64. The molecule has 1 unspecified atom stereocenters. The highest BCUT2D eigenvalue weighted by Gasteiger charge is 2.18. The third-order valence-electron chi connectivity index (χ3n) is 2.75. The lowest BCUT2D eigenvalue weighted by atomic mass is 10.2. The minimum atomic E-state index is -0.322. The van der Waals surface area contributed by atoms with Crippen LogP contribution in [-0.2, 0) is 0 Å². The second kappa shape index (κ2) is 4.70. The van der Waals surface area contributed by atoms with E-state index in [-0.39, 0.29) is 6.04 Å². The Labute approximate surface area is 121 Å². The molecule has 2 heterocycles. The number of halogens is 2. The number of para-hydroxylation sites is 1. The van der Waals surface area contributed by atoms with Gasteiger partial charge in [0, 0.05) is 10.3 Å². The largest absolute Gasteiger partial charge is 0.458 e. The fourth-order valence-electron chi connectivity index (χ4n) is 1.86. The van der Waals surface area contributed by atoms with E-state index in [2.05, 4.69) is 15.9 Å². The van der Waals surface area contributed by atoms with Crippen molar-refractivity contribution >= 4 is 49.8 Å². The molecule has 1 aromatic carbocycles. The van der Waals surface area contributed by atoms with Crippen LogP contribution in [0.3, 0.4) is 0 Å². The first-order valence-electron chi connectivity index (χ1n) is 5.33. The van der Waals surface area contributed by atoms with Crippen LogP contribution in [0.4, 0.5) is 0 Å². The lowest BCUT2D eigenvalue weighted by Gasteiger charge is -2.06. The molecule has 2 nitrogen and oxygen atoms in total. The topological polar surface area (TPSA) is 39.2 Å². The molecule has 0 saturated heterocycles. The van der Waals surface area contributed by atoms with Gasteiger partial charge in [0.05, 0.1) is 15.5 Å². The van der Waals surface area contributed by atoms with E-state index in [1.165, 1.54) is 11.3 Å². The number of furan rings is 1. The van der Waals surface area contributed by atoms with Crippen LogP contribution in [0.25, 0.3) is 11.0 Å². The molecular weight excluding hydrogens is 334 g/mol. The van der Waals surface area contributed by atoms with Crippen molar-refractivity contribution in [2.24, 2.45) is 5.73 Å². The van der Waals surface area contributed by atoms with Crippen molar-refractivity contribution in [2.45, 2.75) is 6.04 Å². The minimum Gasteiger partial charge on any atom is -0.458 e. The second-order valence-corrected chi connectivity index (χ2v) is 6.13. The first kappa shape index (κ1) is 12.2. The maximum atomic E-state index is 6.19. The molecule has 5 heteroatoms. The van der Waals surface area contributed by atoms with Crippen molar-refractivity contribution in [3.8, 4) is 0 Å². The average Bonchev–Trinajstić information content (AvgIpc) is 2.95. The van der Waals surface area contributed by atoms with Crippen molar-refractivity contribution in [1.82, 2.24) is 0 Å². The molecule has 0 spiro atoms. The van der Waals surface area contributed by atoms with Gasteiger partial charge in [0.1, 0.15) is 11.3 Å². The van der Waals surface area contributed by atoms with E-state index in [4.69, 9.17) is 21.8 Å². The molecule has 2 N–H and O–H groups in total. The fourth-order valence-corrected chi connectivity index (χ4v) is 3.50. The summed E-state index contributed by atoms with van der Waals surface area (Å²) in [4.78, 5) is 0.923. The van der Waals surface area contributed by atoms with Crippen LogP contribution in [0.5, 0.6) is 0 Å². The van der Waals surface area contributed by atoms with Crippen molar-refractivity contribution in [1.29, 1.82) is 0 Å². The van der Waals surface area contributed by atoms with Crippen LogP contribution in [0.1, 0.15) is 16.7 Å². The molecule has 0 aliphatic carbocycles. The zero-order valence-electron chi connectivity index (χ0n) is 9.19. The zero-order valence-corrected chi connectivity index (χ0v) is 12.3. The van der Waals surface area contributed by atoms with E-state index >= 15 is 0 Å². The van der Waals surface area contributed by atoms with Crippen LogP contribution in [0.2, 0.25) is 5.02 Å². The SMILES string of the molecule is NC(c1cc2cccc(Br)c2o1)c1sccc1Cl. The van der Waals surface area contributed by atoms with Gasteiger partial charge in [-0.15, -0.1) is 11.3 Å². The van der Waals surface area contributed by atoms with Gasteiger partial charge < -0.3 is 10.2 Å². The van der Waals surface area contributed by atoms with Crippen molar-refractivity contribution < 1.29 is 4.42 Å². The summed E-state index contributed by atoms with van der Waals surface area (Å²) in [6.45, 7) is 0. The Morgan fingerprint density at radius 2 is 2.17 bits per heavy atom. The van der Waals surface area contributed by atoms with Crippen LogP contribution in [0, 0.1) is 0 Å². The van der Waals surface area contributed by atoms with Crippen LogP contribution >= 0.6 is 38.9 Å². The van der Waals surface area contributed by atoms with E-state index in [1.807, 2.05) is 35.7 Å². The summed E-state index contributed by atoms with van der Waals surface area (Å²) in [6, 6.07) is 9.39. The molecule has 0 amide bonds. The molecule has 0 aliphatic heterocycles. The number of hydrogen-bond donors (Lipinski definition) is 1. The van der Waals surface area contributed by atoms with Gasteiger partial charge in [-0.25, -0.2) is 0 Å². The van der Waals surface area contributed by atoms with Gasteiger partial charge >= 0.3 is 0 Å². The normalized spacial score (nSPS) is 13.1. The summed E-state index contributed by atoms with van der Waals surface area (Å²) >= 11 is 11.1. The monoisotopic (exact) mass is 341 g/mol. The summed E-state index contributed by atoms with van der Waals surface area (Å²) in [5.74, 6) is 0.723. The van der Waals surface area contributed by atoms with E-state index < -0.39 is 0 Å². The Bertz CT molecular complexity index is 706. The van der Waals surface area contributed by atoms with Gasteiger partial charge in [-0.2, -0.15) is 0 Å². The molecule has 0 aliphatic rings. The Morgan fingerprint density at radius 1 is 1.33 bits per heavy atom. The summed E-state index contributed by atoms with van der Waals surface area (Å²) < 4.78 is 6.74. The van der Waals surface area contributed by atoms with Crippen LogP contribution in [-0.4, -0.2) is 0 Å². The van der Waals surface area contributed by atoms with Crippen molar-refractivity contribution in [2.75, 3.05) is 0 Å². The number of thiophene rings is 1. The van der Waals surface area contributed by atoms with E-state index in [9.17, 15) is 0 Å². The summed E-state index contributed by atoms with van der Waals surface area (Å²) in [5.41, 5.74) is 7.01. The average molecular weight is 343 g/mol. The minimum absolute atomic E-state index is 0.322. The molecule has 0 fully saturated rings. The van der Waals surface area contributed by atoms with Gasteiger partial charge in [-0.05, 0) is 39.5 Å². The molecule has 3 aromatic rings. The Kier molecular flexibility index (Phi) is 3.20. The van der Waals surface area contributed by atoms with Crippen molar-refractivity contribution in [3.63, 3.8) is 0 Å². The summed E-state index contributed by atoms with van der Waals surface area (Å²) in [6.07, 6.45) is 0. The lowest BCUT2D eigenvalue weighted by molar-refractivity contribution is 0.526. The molecule has 18 heavy (non-hydrogen) atoms. The molecule has 0 radical (unpaired) electrons. The fraction of sp³-hybridized carbons (Fsp3) is 0.0769. The Balaban J connectivity index is 2.10. The Morgan fingerprint density at radius 3 is 2.83 bits per heavy atom. The van der Waals surface area contributed by atoms with Crippen LogP contribution < -0.4 is 5.73 Å². The predicted molar refractivity (Wildman–Crippen MR) is 79.3 cm³/mol. The number of rotatable bonds is 2. The maximum Gasteiger partial charge on any atom is 0.148 e. The molecule has 0 bridgehead atoms. The smallest absolute Gasteiger partial charge is 0.148 e. The number of hydrogen-bond acceptors (Lipinski definition) is 3. The van der Waals surface area contributed by atoms with Gasteiger partial charge in [0.25, 0.3) is 0 Å².